The summed E-state index contributed by atoms with van der Waals surface area (Å²) in [5.74, 6) is 0.324. The zero-order valence-corrected chi connectivity index (χ0v) is 11.8. The van der Waals surface area contributed by atoms with Crippen LogP contribution in [-0.4, -0.2) is 36.5 Å². The van der Waals surface area contributed by atoms with Gasteiger partial charge in [0.15, 0.2) is 5.82 Å². The molecule has 0 radical (unpaired) electrons. The van der Waals surface area contributed by atoms with Crippen LogP contribution in [0.4, 0.5) is 5.69 Å². The predicted molar refractivity (Wildman–Crippen MR) is 78.1 cm³/mol. The number of hydrogen-bond donors (Lipinski definition) is 2. The number of aromatic amines is 1. The van der Waals surface area contributed by atoms with Crippen molar-refractivity contribution >= 4 is 11.6 Å². The highest BCUT2D eigenvalue weighted by Crippen LogP contribution is 2.12. The molecule has 0 aliphatic rings. The molecular formula is C14H13N7O. The lowest BCUT2D eigenvalue weighted by atomic mass is 10.1. The summed E-state index contributed by atoms with van der Waals surface area (Å²) in [6.07, 6.45) is 3.59. The molecule has 0 bridgehead atoms. The summed E-state index contributed by atoms with van der Waals surface area (Å²) in [6.45, 7) is 1.82. The van der Waals surface area contributed by atoms with E-state index in [0.29, 0.717) is 17.9 Å². The van der Waals surface area contributed by atoms with Crippen LogP contribution in [0.5, 0.6) is 0 Å². The van der Waals surface area contributed by atoms with Gasteiger partial charge in [0.25, 0.3) is 5.91 Å². The molecule has 2 heterocycles. The van der Waals surface area contributed by atoms with Gasteiger partial charge in [-0.25, -0.2) is 4.98 Å². The molecule has 0 fully saturated rings. The molecule has 22 heavy (non-hydrogen) atoms. The molecule has 1 amide bonds. The first-order valence-corrected chi connectivity index (χ1v) is 6.62. The summed E-state index contributed by atoms with van der Waals surface area (Å²) < 4.78 is 0. The van der Waals surface area contributed by atoms with E-state index in [9.17, 15) is 4.79 Å². The van der Waals surface area contributed by atoms with Crippen molar-refractivity contribution in [3.63, 3.8) is 0 Å². The van der Waals surface area contributed by atoms with Crippen molar-refractivity contribution in [3.8, 4) is 0 Å². The smallest absolute Gasteiger partial charge is 0.275 e. The Hall–Kier alpha value is -3.16. The Morgan fingerprint density at radius 1 is 1.18 bits per heavy atom. The highest BCUT2D eigenvalue weighted by Gasteiger charge is 2.08. The number of nitrogens with one attached hydrogen (secondary N) is 2. The third kappa shape index (κ3) is 3.29. The van der Waals surface area contributed by atoms with Crippen LogP contribution in [0, 0.1) is 6.92 Å². The molecule has 110 valence electrons. The van der Waals surface area contributed by atoms with Crippen molar-refractivity contribution in [1.82, 2.24) is 30.6 Å². The van der Waals surface area contributed by atoms with Crippen LogP contribution in [0.15, 0.2) is 36.7 Å². The quantitative estimate of drug-likeness (QED) is 0.747. The second kappa shape index (κ2) is 6.08. The Kier molecular flexibility index (Phi) is 3.82. The molecule has 0 saturated carbocycles. The van der Waals surface area contributed by atoms with Crippen LogP contribution < -0.4 is 5.32 Å². The molecule has 2 aromatic heterocycles. The van der Waals surface area contributed by atoms with E-state index in [1.54, 1.807) is 6.20 Å². The average molecular weight is 295 g/mol. The fourth-order valence-corrected chi connectivity index (χ4v) is 1.85. The summed E-state index contributed by atoms with van der Waals surface area (Å²) in [6, 6.07) is 7.42. The predicted octanol–water partition coefficient (Wildman–Crippen LogP) is 1.14. The Labute approximate surface area is 126 Å². The number of rotatable bonds is 4. The van der Waals surface area contributed by atoms with Gasteiger partial charge in [-0.05, 0) is 24.6 Å². The minimum atomic E-state index is -0.293. The molecule has 0 saturated heterocycles. The molecule has 0 spiro atoms. The minimum absolute atomic E-state index is 0.279. The third-order valence-corrected chi connectivity index (χ3v) is 2.98. The van der Waals surface area contributed by atoms with E-state index >= 15 is 0 Å². The van der Waals surface area contributed by atoms with Crippen LogP contribution in [0.2, 0.25) is 0 Å². The van der Waals surface area contributed by atoms with Gasteiger partial charge in [0, 0.05) is 18.3 Å². The van der Waals surface area contributed by atoms with Crippen LogP contribution in [0.1, 0.15) is 27.6 Å². The lowest BCUT2D eigenvalue weighted by Gasteiger charge is -2.05. The molecule has 1 aromatic carbocycles. The number of nitrogens with zero attached hydrogens (tertiary/aromatic N) is 5. The normalized spacial score (nSPS) is 10.4. The third-order valence-electron chi connectivity index (χ3n) is 2.98. The largest absolute Gasteiger partial charge is 0.321 e. The second-order valence-electron chi connectivity index (χ2n) is 4.70. The summed E-state index contributed by atoms with van der Waals surface area (Å²) >= 11 is 0. The van der Waals surface area contributed by atoms with Gasteiger partial charge in [0.05, 0.1) is 11.9 Å². The van der Waals surface area contributed by atoms with Crippen LogP contribution in [-0.2, 0) is 6.42 Å². The van der Waals surface area contributed by atoms with Crippen molar-refractivity contribution in [2.45, 2.75) is 13.3 Å². The van der Waals surface area contributed by atoms with E-state index in [4.69, 9.17) is 0 Å². The highest BCUT2D eigenvalue weighted by molar-refractivity contribution is 6.02. The van der Waals surface area contributed by atoms with E-state index in [1.165, 1.54) is 6.20 Å². The number of carbonyl (C=O) groups excluding carboxylic acids is 1. The number of tetrazole rings is 1. The lowest BCUT2D eigenvalue weighted by molar-refractivity contribution is 0.102. The maximum atomic E-state index is 12.0. The van der Waals surface area contributed by atoms with Gasteiger partial charge in [0.1, 0.15) is 5.69 Å². The number of aromatic nitrogens is 6. The standard InChI is InChI=1S/C14H13N7O/c1-9-7-16-12(8-15-9)14(22)17-11-4-2-10(3-5-11)6-13-18-20-21-19-13/h2-5,7-8H,6H2,1H3,(H,17,22)(H,18,19,20,21). The van der Waals surface area contributed by atoms with Gasteiger partial charge in [-0.1, -0.05) is 17.3 Å². The Balaban J connectivity index is 1.65. The van der Waals surface area contributed by atoms with Gasteiger partial charge in [-0.2, -0.15) is 5.21 Å². The molecule has 0 unspecified atom stereocenters. The molecule has 0 aliphatic carbocycles. The molecular weight excluding hydrogens is 282 g/mol. The van der Waals surface area contributed by atoms with E-state index in [-0.39, 0.29) is 11.6 Å². The SMILES string of the molecule is Cc1cnc(C(=O)Nc2ccc(Cc3nn[nH]n3)cc2)cn1. The number of benzene rings is 1. The number of hydrogen-bond acceptors (Lipinski definition) is 6. The molecule has 2 N–H and O–H groups in total. The van der Waals surface area contributed by atoms with Gasteiger partial charge in [-0.3, -0.25) is 9.78 Å². The van der Waals surface area contributed by atoms with E-state index < -0.39 is 0 Å². The van der Waals surface area contributed by atoms with Crippen molar-refractivity contribution in [1.29, 1.82) is 0 Å². The number of anilines is 1. The fraction of sp³-hybridized carbons (Fsp3) is 0.143. The second-order valence-corrected chi connectivity index (χ2v) is 4.70. The maximum Gasteiger partial charge on any atom is 0.275 e. The minimum Gasteiger partial charge on any atom is -0.321 e. The summed E-state index contributed by atoms with van der Waals surface area (Å²) in [5, 5.41) is 16.5. The monoisotopic (exact) mass is 295 g/mol. The molecule has 3 aromatic rings. The summed E-state index contributed by atoms with van der Waals surface area (Å²) in [5.41, 5.74) is 2.75. The number of amides is 1. The number of aryl methyl sites for hydroxylation is 1. The molecule has 0 aliphatic heterocycles. The van der Waals surface area contributed by atoms with Crippen molar-refractivity contribution in [2.75, 3.05) is 5.32 Å². The van der Waals surface area contributed by atoms with Crippen LogP contribution in [0.3, 0.4) is 0 Å². The van der Waals surface area contributed by atoms with Crippen molar-refractivity contribution in [3.05, 3.63) is 59.4 Å². The van der Waals surface area contributed by atoms with E-state index in [1.807, 2.05) is 31.2 Å². The zero-order chi connectivity index (χ0) is 15.4. The zero-order valence-electron chi connectivity index (χ0n) is 11.8. The maximum absolute atomic E-state index is 12.0. The van der Waals surface area contributed by atoms with E-state index in [2.05, 4.69) is 35.9 Å². The van der Waals surface area contributed by atoms with Gasteiger partial charge >= 0.3 is 0 Å². The highest BCUT2D eigenvalue weighted by atomic mass is 16.1. The van der Waals surface area contributed by atoms with E-state index in [0.717, 1.165) is 11.3 Å². The molecule has 8 nitrogen and oxygen atoms in total. The van der Waals surface area contributed by atoms with Gasteiger partial charge in [-0.15, -0.1) is 10.2 Å². The lowest BCUT2D eigenvalue weighted by Crippen LogP contribution is -2.14. The number of H-pyrrole nitrogens is 1. The van der Waals surface area contributed by atoms with Crippen molar-refractivity contribution in [2.24, 2.45) is 0 Å². The molecule has 3 rings (SSSR count). The Morgan fingerprint density at radius 2 is 2.00 bits per heavy atom. The van der Waals surface area contributed by atoms with Gasteiger partial charge < -0.3 is 5.32 Å². The first-order chi connectivity index (χ1) is 10.7. The Bertz CT molecular complexity index is 751. The van der Waals surface area contributed by atoms with Gasteiger partial charge in [0.2, 0.25) is 0 Å². The topological polar surface area (TPSA) is 109 Å². The summed E-state index contributed by atoms with van der Waals surface area (Å²) in [7, 11) is 0. The first kappa shape index (κ1) is 13.8. The summed E-state index contributed by atoms with van der Waals surface area (Å²) in [4.78, 5) is 20.1. The molecule has 0 atom stereocenters. The first-order valence-electron chi connectivity index (χ1n) is 6.62. The van der Waals surface area contributed by atoms with Crippen LogP contribution in [0.25, 0.3) is 0 Å². The molecule has 8 heteroatoms. The van der Waals surface area contributed by atoms with Crippen LogP contribution >= 0.6 is 0 Å². The Morgan fingerprint density at radius 3 is 2.64 bits per heavy atom. The number of carbonyl (C=O) groups is 1. The van der Waals surface area contributed by atoms with Crippen molar-refractivity contribution < 1.29 is 4.79 Å². The average Bonchev–Trinajstić information content (AvgIpc) is 3.03. The fourth-order valence-electron chi connectivity index (χ4n) is 1.85.